The first-order valence-electron chi connectivity index (χ1n) is 3.17. The van der Waals surface area contributed by atoms with Gasteiger partial charge in [-0.1, -0.05) is 19.7 Å². The van der Waals surface area contributed by atoms with Crippen LogP contribution in [0.1, 0.15) is 20.3 Å². The van der Waals surface area contributed by atoms with Gasteiger partial charge in [0.05, 0.1) is 0 Å². The first-order valence-corrected chi connectivity index (χ1v) is 3.57. The Hall–Kier alpha value is 0.310. The second kappa shape index (κ2) is 2.28. The zero-order valence-electron chi connectivity index (χ0n) is 5.46. The normalized spacial score (nSPS) is 40.9. The van der Waals surface area contributed by atoms with Gasteiger partial charge < -0.3 is 0 Å². The van der Waals surface area contributed by atoms with Crippen LogP contribution in [-0.2, 0) is 0 Å². The number of thiol groups is 1. The molecule has 1 fully saturated rings. The molecule has 0 radical (unpaired) electrons. The molecule has 0 aliphatic carbocycles. The standard InChI is InChI=1S/C6H13NS/c1-5-3-4-7(8)6(5)2/h5-6,8H,3-4H2,1-2H3. The van der Waals surface area contributed by atoms with E-state index in [0.717, 1.165) is 12.5 Å². The van der Waals surface area contributed by atoms with Gasteiger partial charge in [-0.3, -0.25) is 4.31 Å². The summed E-state index contributed by atoms with van der Waals surface area (Å²) in [5.74, 6) is 0.840. The van der Waals surface area contributed by atoms with Gasteiger partial charge in [-0.15, -0.1) is 0 Å². The topological polar surface area (TPSA) is 3.24 Å². The molecule has 2 atom stereocenters. The molecular formula is C6H13NS. The molecule has 1 aliphatic heterocycles. The van der Waals surface area contributed by atoms with Gasteiger partial charge in [0.25, 0.3) is 0 Å². The first-order chi connectivity index (χ1) is 3.72. The van der Waals surface area contributed by atoms with Gasteiger partial charge in [-0.25, -0.2) is 0 Å². The van der Waals surface area contributed by atoms with Crippen molar-refractivity contribution in [1.29, 1.82) is 0 Å². The van der Waals surface area contributed by atoms with Crippen molar-refractivity contribution in [2.75, 3.05) is 6.54 Å². The molecule has 2 unspecified atom stereocenters. The van der Waals surface area contributed by atoms with Gasteiger partial charge in [-0.2, -0.15) is 0 Å². The molecule has 0 N–H and O–H groups in total. The zero-order valence-corrected chi connectivity index (χ0v) is 6.36. The third-order valence-corrected chi connectivity index (χ3v) is 2.67. The molecule has 0 aromatic rings. The average Bonchev–Trinajstić information content (AvgIpc) is 1.98. The van der Waals surface area contributed by atoms with Crippen molar-refractivity contribution in [2.24, 2.45) is 5.92 Å². The maximum atomic E-state index is 4.28. The molecule has 0 bridgehead atoms. The molecule has 0 aromatic heterocycles. The summed E-state index contributed by atoms with van der Waals surface area (Å²) in [5.41, 5.74) is 0. The third kappa shape index (κ3) is 1.00. The van der Waals surface area contributed by atoms with E-state index in [4.69, 9.17) is 0 Å². The van der Waals surface area contributed by atoms with E-state index < -0.39 is 0 Å². The average molecular weight is 131 g/mol. The molecule has 1 saturated heterocycles. The van der Waals surface area contributed by atoms with E-state index in [-0.39, 0.29) is 0 Å². The lowest BCUT2D eigenvalue weighted by molar-refractivity contribution is 0.414. The predicted octanol–water partition coefficient (Wildman–Crippen LogP) is 1.56. The summed E-state index contributed by atoms with van der Waals surface area (Å²) in [6.45, 7) is 5.66. The Labute approximate surface area is 56.6 Å². The maximum absolute atomic E-state index is 4.28. The summed E-state index contributed by atoms with van der Waals surface area (Å²) < 4.78 is 2.12. The summed E-state index contributed by atoms with van der Waals surface area (Å²) in [4.78, 5) is 0. The monoisotopic (exact) mass is 131 g/mol. The number of rotatable bonds is 0. The van der Waals surface area contributed by atoms with Crippen molar-refractivity contribution in [1.82, 2.24) is 4.31 Å². The Morgan fingerprint density at radius 2 is 2.12 bits per heavy atom. The van der Waals surface area contributed by atoms with Crippen molar-refractivity contribution in [2.45, 2.75) is 26.3 Å². The Kier molecular flexibility index (Phi) is 1.83. The lowest BCUT2D eigenvalue weighted by Gasteiger charge is -2.14. The summed E-state index contributed by atoms with van der Waals surface area (Å²) in [7, 11) is 0. The van der Waals surface area contributed by atoms with Crippen LogP contribution in [0, 0.1) is 5.92 Å². The van der Waals surface area contributed by atoms with E-state index in [1.807, 2.05) is 0 Å². The smallest absolute Gasteiger partial charge is 0.0198 e. The van der Waals surface area contributed by atoms with E-state index >= 15 is 0 Å². The lowest BCUT2D eigenvalue weighted by Crippen LogP contribution is -2.19. The minimum absolute atomic E-state index is 0.679. The lowest BCUT2D eigenvalue weighted by atomic mass is 10.1. The van der Waals surface area contributed by atoms with Crippen LogP contribution in [0.4, 0.5) is 0 Å². The highest BCUT2D eigenvalue weighted by molar-refractivity contribution is 7.77. The second-order valence-electron chi connectivity index (χ2n) is 2.67. The minimum Gasteiger partial charge on any atom is -0.250 e. The molecule has 1 rings (SSSR count). The molecule has 1 heterocycles. The van der Waals surface area contributed by atoms with E-state index in [2.05, 4.69) is 31.0 Å². The van der Waals surface area contributed by atoms with Crippen molar-refractivity contribution >= 4 is 12.8 Å². The van der Waals surface area contributed by atoms with Crippen LogP contribution < -0.4 is 0 Å². The summed E-state index contributed by atoms with van der Waals surface area (Å²) in [5, 5.41) is 0. The van der Waals surface area contributed by atoms with E-state index in [9.17, 15) is 0 Å². The van der Waals surface area contributed by atoms with Crippen molar-refractivity contribution in [3.05, 3.63) is 0 Å². The molecule has 2 heteroatoms. The maximum Gasteiger partial charge on any atom is 0.0198 e. The second-order valence-corrected chi connectivity index (χ2v) is 3.18. The van der Waals surface area contributed by atoms with Crippen LogP contribution in [0.25, 0.3) is 0 Å². The Morgan fingerprint density at radius 3 is 2.25 bits per heavy atom. The molecule has 1 aliphatic rings. The van der Waals surface area contributed by atoms with Crippen molar-refractivity contribution in [3.63, 3.8) is 0 Å². The van der Waals surface area contributed by atoms with Gasteiger partial charge in [0.2, 0.25) is 0 Å². The van der Waals surface area contributed by atoms with Crippen molar-refractivity contribution in [3.8, 4) is 0 Å². The van der Waals surface area contributed by atoms with Crippen LogP contribution in [0.2, 0.25) is 0 Å². The van der Waals surface area contributed by atoms with Gasteiger partial charge >= 0.3 is 0 Å². The van der Waals surface area contributed by atoms with E-state index in [1.54, 1.807) is 0 Å². The molecule has 8 heavy (non-hydrogen) atoms. The highest BCUT2D eigenvalue weighted by Gasteiger charge is 2.24. The molecular weight excluding hydrogens is 118 g/mol. The quantitative estimate of drug-likeness (QED) is 0.488. The molecule has 0 spiro atoms. The first kappa shape index (κ1) is 6.43. The molecule has 1 nitrogen and oxygen atoms in total. The third-order valence-electron chi connectivity index (χ3n) is 2.11. The fraction of sp³-hybridized carbons (Fsp3) is 1.00. The fourth-order valence-corrected chi connectivity index (χ4v) is 1.42. The van der Waals surface area contributed by atoms with Gasteiger partial charge in [0.1, 0.15) is 0 Å². The SMILES string of the molecule is CC1CCN(S)C1C. The summed E-state index contributed by atoms with van der Waals surface area (Å²) >= 11 is 4.28. The Morgan fingerprint density at radius 1 is 1.50 bits per heavy atom. The van der Waals surface area contributed by atoms with Gasteiger partial charge in [-0.05, 0) is 19.3 Å². The Balaban J connectivity index is 2.44. The Bertz CT molecular complexity index is 74.6. The van der Waals surface area contributed by atoms with Crippen molar-refractivity contribution < 1.29 is 0 Å². The van der Waals surface area contributed by atoms with Gasteiger partial charge in [0, 0.05) is 12.6 Å². The summed E-state index contributed by atoms with van der Waals surface area (Å²) in [6.07, 6.45) is 1.31. The summed E-state index contributed by atoms with van der Waals surface area (Å²) in [6, 6.07) is 0.679. The molecule has 0 aromatic carbocycles. The fourth-order valence-electron chi connectivity index (χ4n) is 1.07. The molecule has 0 saturated carbocycles. The number of hydrogen-bond acceptors (Lipinski definition) is 2. The largest absolute Gasteiger partial charge is 0.250 e. The van der Waals surface area contributed by atoms with E-state index in [1.165, 1.54) is 6.42 Å². The predicted molar refractivity (Wildman–Crippen MR) is 38.9 cm³/mol. The molecule has 48 valence electrons. The zero-order chi connectivity index (χ0) is 6.15. The number of hydrogen-bond donors (Lipinski definition) is 1. The molecule has 0 amide bonds. The highest BCUT2D eigenvalue weighted by Crippen LogP contribution is 2.23. The minimum atomic E-state index is 0.679. The van der Waals surface area contributed by atoms with Crippen LogP contribution in [-0.4, -0.2) is 16.9 Å². The highest BCUT2D eigenvalue weighted by atomic mass is 32.1. The van der Waals surface area contributed by atoms with Crippen LogP contribution in [0.3, 0.4) is 0 Å². The number of nitrogens with zero attached hydrogens (tertiary/aromatic N) is 1. The van der Waals surface area contributed by atoms with Crippen LogP contribution >= 0.6 is 12.8 Å². The van der Waals surface area contributed by atoms with E-state index in [0.29, 0.717) is 6.04 Å². The van der Waals surface area contributed by atoms with Gasteiger partial charge in [0.15, 0.2) is 0 Å². The van der Waals surface area contributed by atoms with Crippen LogP contribution in [0.15, 0.2) is 0 Å². The van der Waals surface area contributed by atoms with Crippen LogP contribution in [0.5, 0.6) is 0 Å².